The Morgan fingerprint density at radius 2 is 2.07 bits per heavy atom. The van der Waals surface area contributed by atoms with Crippen LogP contribution in [0.1, 0.15) is 37.3 Å². The number of rotatable bonds is 5. The number of fused-ring (bicyclic) bond motifs is 1. The van der Waals surface area contributed by atoms with E-state index in [1.54, 1.807) is 17.7 Å². The molecule has 140 valence electrons. The summed E-state index contributed by atoms with van der Waals surface area (Å²) in [5, 5.41) is 2.03. The minimum atomic E-state index is -0.164. The van der Waals surface area contributed by atoms with E-state index in [4.69, 9.17) is 4.74 Å². The molecule has 1 atom stereocenters. The summed E-state index contributed by atoms with van der Waals surface area (Å²) in [4.78, 5) is 23.3. The van der Waals surface area contributed by atoms with Crippen molar-refractivity contribution in [2.75, 3.05) is 18.0 Å². The number of nitrogens with zero attached hydrogens (tertiary/aromatic N) is 3. The third-order valence-corrected chi connectivity index (χ3v) is 5.86. The number of benzene rings is 1. The fourth-order valence-electron chi connectivity index (χ4n) is 3.43. The maximum absolute atomic E-state index is 12.3. The molecule has 27 heavy (non-hydrogen) atoms. The molecule has 0 radical (unpaired) electrons. The van der Waals surface area contributed by atoms with Gasteiger partial charge in [0.15, 0.2) is 0 Å². The molecule has 0 N–H and O–H groups in total. The number of hydrogen-bond donors (Lipinski definition) is 0. The van der Waals surface area contributed by atoms with E-state index < -0.39 is 0 Å². The first-order chi connectivity index (χ1) is 13.1. The van der Waals surface area contributed by atoms with E-state index in [0.29, 0.717) is 18.9 Å². The van der Waals surface area contributed by atoms with Crippen LogP contribution in [-0.4, -0.2) is 35.1 Å². The third-order valence-electron chi connectivity index (χ3n) is 4.96. The summed E-state index contributed by atoms with van der Waals surface area (Å²) < 4.78 is 6.81. The van der Waals surface area contributed by atoms with Gasteiger partial charge in [0.25, 0.3) is 0 Å². The molecule has 1 aliphatic rings. The molecule has 5 nitrogen and oxygen atoms in total. The average Bonchev–Trinajstić information content (AvgIpc) is 3.31. The maximum Gasteiger partial charge on any atom is 0.310 e. The van der Waals surface area contributed by atoms with Crippen LogP contribution in [0.4, 0.5) is 5.82 Å². The Bertz CT molecular complexity index is 936. The van der Waals surface area contributed by atoms with Crippen LogP contribution >= 0.6 is 11.3 Å². The number of carbonyl (C=O) groups is 1. The molecule has 0 amide bonds. The van der Waals surface area contributed by atoms with Crippen LogP contribution in [0, 0.1) is 0 Å². The second kappa shape index (κ2) is 7.64. The molecular weight excluding hydrogens is 358 g/mol. The van der Waals surface area contributed by atoms with Gasteiger partial charge < -0.3 is 9.64 Å². The highest BCUT2D eigenvalue weighted by molar-refractivity contribution is 7.17. The minimum Gasteiger partial charge on any atom is -0.460 e. The molecule has 1 fully saturated rings. The number of thiophene rings is 1. The normalized spacial score (nSPS) is 17.0. The molecule has 1 saturated heterocycles. The second-order valence-electron chi connectivity index (χ2n) is 7.25. The molecule has 0 aliphatic carbocycles. The van der Waals surface area contributed by atoms with Crippen molar-refractivity contribution in [1.29, 1.82) is 0 Å². The van der Waals surface area contributed by atoms with Gasteiger partial charge in [-0.1, -0.05) is 38.1 Å². The van der Waals surface area contributed by atoms with Gasteiger partial charge in [0.05, 0.1) is 23.2 Å². The molecule has 1 unspecified atom stereocenters. The molecule has 1 aliphatic heterocycles. The molecule has 2 aromatic heterocycles. The van der Waals surface area contributed by atoms with Gasteiger partial charge in [0.1, 0.15) is 18.2 Å². The minimum absolute atomic E-state index is 0.0857. The van der Waals surface area contributed by atoms with Crippen LogP contribution in [0.3, 0.4) is 0 Å². The SMILES string of the molecule is CC(C)c1ccc(CC(=O)OC2CCN(c3ncnc4ccsc34)C2)cc1. The van der Waals surface area contributed by atoms with Crippen molar-refractivity contribution in [3.8, 4) is 0 Å². The number of ether oxygens (including phenoxy) is 1. The third kappa shape index (κ3) is 3.95. The van der Waals surface area contributed by atoms with Crippen molar-refractivity contribution in [2.24, 2.45) is 0 Å². The lowest BCUT2D eigenvalue weighted by atomic mass is 10.0. The van der Waals surface area contributed by atoms with Crippen LogP contribution in [0.15, 0.2) is 42.0 Å². The van der Waals surface area contributed by atoms with E-state index in [-0.39, 0.29) is 12.1 Å². The zero-order valence-corrected chi connectivity index (χ0v) is 16.4. The van der Waals surface area contributed by atoms with Crippen LogP contribution in [0.2, 0.25) is 0 Å². The molecule has 1 aromatic carbocycles. The van der Waals surface area contributed by atoms with Gasteiger partial charge in [-0.3, -0.25) is 4.79 Å². The first-order valence-corrected chi connectivity index (χ1v) is 10.2. The van der Waals surface area contributed by atoms with Crippen molar-refractivity contribution < 1.29 is 9.53 Å². The van der Waals surface area contributed by atoms with Crippen molar-refractivity contribution in [3.63, 3.8) is 0 Å². The fraction of sp³-hybridized carbons (Fsp3) is 0.381. The van der Waals surface area contributed by atoms with E-state index in [9.17, 15) is 4.79 Å². The number of carbonyl (C=O) groups excluding carboxylic acids is 1. The van der Waals surface area contributed by atoms with Crippen LogP contribution in [0.5, 0.6) is 0 Å². The molecule has 4 rings (SSSR count). The van der Waals surface area contributed by atoms with Crippen LogP contribution in [0.25, 0.3) is 10.2 Å². The van der Waals surface area contributed by atoms with Crippen molar-refractivity contribution in [3.05, 3.63) is 53.2 Å². The lowest BCUT2D eigenvalue weighted by molar-refractivity contribution is -0.147. The number of anilines is 1. The van der Waals surface area contributed by atoms with Gasteiger partial charge in [0.2, 0.25) is 0 Å². The smallest absolute Gasteiger partial charge is 0.310 e. The van der Waals surface area contributed by atoms with Gasteiger partial charge >= 0.3 is 5.97 Å². The highest BCUT2D eigenvalue weighted by Crippen LogP contribution is 2.30. The quantitative estimate of drug-likeness (QED) is 0.621. The summed E-state index contributed by atoms with van der Waals surface area (Å²) in [6.45, 7) is 5.85. The van der Waals surface area contributed by atoms with E-state index >= 15 is 0 Å². The van der Waals surface area contributed by atoms with E-state index in [2.05, 4.69) is 40.8 Å². The van der Waals surface area contributed by atoms with Crippen molar-refractivity contribution in [2.45, 2.75) is 38.7 Å². The summed E-state index contributed by atoms with van der Waals surface area (Å²) in [5.74, 6) is 1.27. The number of hydrogen-bond acceptors (Lipinski definition) is 6. The van der Waals surface area contributed by atoms with Crippen molar-refractivity contribution in [1.82, 2.24) is 9.97 Å². The first-order valence-electron chi connectivity index (χ1n) is 9.31. The monoisotopic (exact) mass is 381 g/mol. The Balaban J connectivity index is 1.35. The number of aromatic nitrogens is 2. The Morgan fingerprint density at radius 1 is 1.26 bits per heavy atom. The van der Waals surface area contributed by atoms with Crippen LogP contribution < -0.4 is 4.90 Å². The van der Waals surface area contributed by atoms with E-state index in [1.165, 1.54) is 5.56 Å². The zero-order valence-electron chi connectivity index (χ0n) is 15.6. The molecule has 0 spiro atoms. The predicted molar refractivity (Wildman–Crippen MR) is 108 cm³/mol. The molecule has 0 saturated carbocycles. The summed E-state index contributed by atoms with van der Waals surface area (Å²) >= 11 is 1.65. The summed E-state index contributed by atoms with van der Waals surface area (Å²) in [6, 6.07) is 10.2. The number of esters is 1. The fourth-order valence-corrected chi connectivity index (χ4v) is 4.29. The highest BCUT2D eigenvalue weighted by Gasteiger charge is 2.28. The molecule has 6 heteroatoms. The van der Waals surface area contributed by atoms with Gasteiger partial charge in [-0.15, -0.1) is 11.3 Å². The Hall–Kier alpha value is -2.47. The topological polar surface area (TPSA) is 55.3 Å². The average molecular weight is 382 g/mol. The zero-order chi connectivity index (χ0) is 18.8. The lowest BCUT2D eigenvalue weighted by Crippen LogP contribution is -2.26. The summed E-state index contributed by atoms with van der Waals surface area (Å²) in [6.07, 6.45) is 2.66. The summed E-state index contributed by atoms with van der Waals surface area (Å²) in [7, 11) is 0. The second-order valence-corrected chi connectivity index (χ2v) is 8.17. The predicted octanol–water partition coefficient (Wildman–Crippen LogP) is 4.18. The van der Waals surface area contributed by atoms with Gasteiger partial charge in [-0.05, 0) is 28.5 Å². The first kappa shape index (κ1) is 17.9. The van der Waals surface area contributed by atoms with Gasteiger partial charge in [-0.2, -0.15) is 0 Å². The highest BCUT2D eigenvalue weighted by atomic mass is 32.1. The lowest BCUT2D eigenvalue weighted by Gasteiger charge is -2.18. The van der Waals surface area contributed by atoms with Crippen molar-refractivity contribution >= 4 is 33.3 Å². The van der Waals surface area contributed by atoms with E-state index in [1.807, 2.05) is 23.6 Å². The molecule has 3 aromatic rings. The van der Waals surface area contributed by atoms with E-state index in [0.717, 1.165) is 34.6 Å². The summed E-state index contributed by atoms with van der Waals surface area (Å²) in [5.41, 5.74) is 3.24. The Labute approximate surface area is 163 Å². The van der Waals surface area contributed by atoms with Gasteiger partial charge in [0, 0.05) is 13.0 Å². The Kier molecular flexibility index (Phi) is 5.07. The standard InChI is InChI=1S/C21H23N3O2S/c1-14(2)16-5-3-15(4-6-16)11-19(25)26-17-7-9-24(12-17)21-20-18(8-10-27-20)22-13-23-21/h3-6,8,10,13-14,17H,7,9,11-12H2,1-2H3. The maximum atomic E-state index is 12.3. The molecular formula is C21H23N3O2S. The largest absolute Gasteiger partial charge is 0.460 e. The molecule has 3 heterocycles. The Morgan fingerprint density at radius 3 is 2.85 bits per heavy atom. The van der Waals surface area contributed by atoms with Crippen LogP contribution in [-0.2, 0) is 16.0 Å². The molecule has 0 bridgehead atoms. The van der Waals surface area contributed by atoms with Gasteiger partial charge in [-0.25, -0.2) is 9.97 Å².